The first-order valence-corrected chi connectivity index (χ1v) is 6.89. The second-order valence-electron chi connectivity index (χ2n) is 3.49. The number of guanidine groups is 1. The van der Waals surface area contributed by atoms with Crippen LogP contribution >= 0.6 is 11.8 Å². The minimum Gasteiger partial charge on any atom is -0.356 e. The molecule has 0 rings (SSSR count). The van der Waals surface area contributed by atoms with E-state index in [1.54, 1.807) is 18.8 Å². The largest absolute Gasteiger partial charge is 0.389 e. The summed E-state index contributed by atoms with van der Waals surface area (Å²) in [7, 11) is 1.64. The van der Waals surface area contributed by atoms with Gasteiger partial charge in [0.2, 0.25) is 0 Å². The third-order valence-corrected chi connectivity index (χ3v) is 2.61. The van der Waals surface area contributed by atoms with E-state index in [0.717, 1.165) is 12.3 Å². The first kappa shape index (κ1) is 16.4. The molecule has 0 aliphatic heterocycles. The Balaban J connectivity index is 3.51. The number of hydrogen-bond donors (Lipinski definition) is 2. The summed E-state index contributed by atoms with van der Waals surface area (Å²) < 4.78 is 35.6. The maximum absolute atomic E-state index is 11.9. The maximum Gasteiger partial charge on any atom is 0.389 e. The molecule has 0 fully saturated rings. The number of halogens is 3. The molecule has 0 aliphatic carbocycles. The predicted octanol–water partition coefficient (Wildman–Crippen LogP) is 2.25. The van der Waals surface area contributed by atoms with Crippen LogP contribution in [0.15, 0.2) is 4.99 Å². The number of rotatable bonds is 7. The summed E-state index contributed by atoms with van der Waals surface area (Å²) in [5, 5.41) is 6.05. The molecule has 0 atom stereocenters. The molecule has 0 bridgehead atoms. The Kier molecular flexibility index (Phi) is 9.11. The van der Waals surface area contributed by atoms with Crippen LogP contribution in [0, 0.1) is 0 Å². The summed E-state index contributed by atoms with van der Waals surface area (Å²) in [5.74, 6) is 1.61. The van der Waals surface area contributed by atoms with Gasteiger partial charge in [-0.15, -0.1) is 0 Å². The Morgan fingerprint density at radius 2 is 1.82 bits per heavy atom. The lowest BCUT2D eigenvalue weighted by atomic mass is 10.2. The first-order valence-electron chi connectivity index (χ1n) is 5.50. The Bertz CT molecular complexity index is 219. The molecule has 17 heavy (non-hydrogen) atoms. The van der Waals surface area contributed by atoms with Gasteiger partial charge in [-0.1, -0.05) is 0 Å². The Labute approximate surface area is 105 Å². The summed E-state index contributed by atoms with van der Waals surface area (Å²) in [4.78, 5) is 3.97. The van der Waals surface area contributed by atoms with Gasteiger partial charge in [-0.3, -0.25) is 4.99 Å². The van der Waals surface area contributed by atoms with Gasteiger partial charge in [0.25, 0.3) is 0 Å². The average Bonchev–Trinajstić information content (AvgIpc) is 2.25. The van der Waals surface area contributed by atoms with Crippen molar-refractivity contribution in [2.75, 3.05) is 32.1 Å². The topological polar surface area (TPSA) is 36.4 Å². The van der Waals surface area contributed by atoms with E-state index in [2.05, 4.69) is 15.6 Å². The fraction of sp³-hybridized carbons (Fsp3) is 0.900. The van der Waals surface area contributed by atoms with E-state index in [0.29, 0.717) is 18.9 Å². The molecule has 102 valence electrons. The number of hydrogen-bond acceptors (Lipinski definition) is 2. The van der Waals surface area contributed by atoms with Gasteiger partial charge in [-0.2, -0.15) is 24.9 Å². The zero-order valence-corrected chi connectivity index (χ0v) is 11.0. The Hall–Kier alpha value is -0.590. The van der Waals surface area contributed by atoms with E-state index < -0.39 is 12.6 Å². The van der Waals surface area contributed by atoms with Crippen LogP contribution in [-0.2, 0) is 0 Å². The number of nitrogens with one attached hydrogen (secondary N) is 2. The van der Waals surface area contributed by atoms with Crippen LogP contribution in [0.2, 0.25) is 0 Å². The van der Waals surface area contributed by atoms with Crippen molar-refractivity contribution in [1.29, 1.82) is 0 Å². The van der Waals surface area contributed by atoms with Crippen LogP contribution < -0.4 is 10.6 Å². The van der Waals surface area contributed by atoms with Crippen molar-refractivity contribution in [2.24, 2.45) is 4.99 Å². The van der Waals surface area contributed by atoms with Gasteiger partial charge in [-0.25, -0.2) is 0 Å². The molecule has 0 heterocycles. The Morgan fingerprint density at radius 1 is 1.18 bits per heavy atom. The van der Waals surface area contributed by atoms with Crippen molar-refractivity contribution >= 4 is 17.7 Å². The summed E-state index contributed by atoms with van der Waals surface area (Å²) in [5.41, 5.74) is 0. The molecular weight excluding hydrogens is 251 g/mol. The van der Waals surface area contributed by atoms with Crippen LogP contribution in [0.5, 0.6) is 0 Å². The third-order valence-electron chi connectivity index (χ3n) is 2.00. The SMILES string of the molecule is CN=C(NCCCCC(F)(F)F)NCCSC. The third kappa shape index (κ3) is 11.7. The van der Waals surface area contributed by atoms with E-state index in [1.165, 1.54) is 0 Å². The highest BCUT2D eigenvalue weighted by Gasteiger charge is 2.25. The fourth-order valence-corrected chi connectivity index (χ4v) is 1.46. The van der Waals surface area contributed by atoms with E-state index in [1.807, 2.05) is 6.26 Å². The second-order valence-corrected chi connectivity index (χ2v) is 4.48. The van der Waals surface area contributed by atoms with Gasteiger partial charge in [-0.05, 0) is 19.1 Å². The van der Waals surface area contributed by atoms with Gasteiger partial charge < -0.3 is 10.6 Å². The van der Waals surface area contributed by atoms with E-state index in [-0.39, 0.29) is 6.42 Å². The first-order chi connectivity index (χ1) is 7.99. The van der Waals surface area contributed by atoms with E-state index >= 15 is 0 Å². The number of aliphatic imine (C=N–C) groups is 1. The molecule has 0 aromatic rings. The minimum atomic E-state index is -4.04. The highest BCUT2D eigenvalue weighted by Crippen LogP contribution is 2.21. The smallest absolute Gasteiger partial charge is 0.356 e. The summed E-state index contributed by atoms with van der Waals surface area (Å²) in [6, 6.07) is 0. The molecule has 0 saturated carbocycles. The van der Waals surface area contributed by atoms with Crippen molar-refractivity contribution in [3.05, 3.63) is 0 Å². The molecule has 7 heteroatoms. The number of alkyl halides is 3. The highest BCUT2D eigenvalue weighted by molar-refractivity contribution is 7.98. The monoisotopic (exact) mass is 271 g/mol. The molecule has 0 unspecified atom stereocenters. The quantitative estimate of drug-likeness (QED) is 0.423. The fourth-order valence-electron chi connectivity index (χ4n) is 1.15. The van der Waals surface area contributed by atoms with Crippen molar-refractivity contribution in [2.45, 2.75) is 25.4 Å². The van der Waals surface area contributed by atoms with Crippen molar-refractivity contribution in [1.82, 2.24) is 10.6 Å². The molecule has 0 aromatic heterocycles. The highest BCUT2D eigenvalue weighted by atomic mass is 32.2. The number of thioether (sulfide) groups is 1. The van der Waals surface area contributed by atoms with E-state index in [9.17, 15) is 13.2 Å². The number of unbranched alkanes of at least 4 members (excludes halogenated alkanes) is 1. The van der Waals surface area contributed by atoms with E-state index in [4.69, 9.17) is 0 Å². The molecule has 0 spiro atoms. The molecule has 2 N–H and O–H groups in total. The minimum absolute atomic E-state index is 0.151. The lowest BCUT2D eigenvalue weighted by Crippen LogP contribution is -2.38. The maximum atomic E-state index is 11.9. The van der Waals surface area contributed by atoms with Crippen molar-refractivity contribution in [3.8, 4) is 0 Å². The zero-order valence-electron chi connectivity index (χ0n) is 10.2. The molecule has 0 aliphatic rings. The van der Waals surface area contributed by atoms with Gasteiger partial charge in [0, 0.05) is 32.3 Å². The molecule has 0 radical (unpaired) electrons. The van der Waals surface area contributed by atoms with Gasteiger partial charge in [0.05, 0.1) is 0 Å². The Morgan fingerprint density at radius 3 is 2.35 bits per heavy atom. The molecule has 0 amide bonds. The average molecular weight is 271 g/mol. The molecule has 0 saturated heterocycles. The van der Waals surface area contributed by atoms with Gasteiger partial charge in [0.1, 0.15) is 0 Å². The van der Waals surface area contributed by atoms with Crippen LogP contribution in [-0.4, -0.2) is 44.3 Å². The van der Waals surface area contributed by atoms with Crippen LogP contribution in [0.25, 0.3) is 0 Å². The molecular formula is C10H20F3N3S. The van der Waals surface area contributed by atoms with Crippen LogP contribution in [0.4, 0.5) is 13.2 Å². The molecule has 3 nitrogen and oxygen atoms in total. The van der Waals surface area contributed by atoms with Gasteiger partial charge in [0.15, 0.2) is 5.96 Å². The van der Waals surface area contributed by atoms with Crippen LogP contribution in [0.1, 0.15) is 19.3 Å². The second kappa shape index (κ2) is 9.44. The predicted molar refractivity (Wildman–Crippen MR) is 67.7 cm³/mol. The lowest BCUT2D eigenvalue weighted by Gasteiger charge is -2.11. The number of nitrogens with zero attached hydrogens (tertiary/aromatic N) is 1. The van der Waals surface area contributed by atoms with Crippen molar-refractivity contribution < 1.29 is 13.2 Å². The summed E-state index contributed by atoms with van der Waals surface area (Å²) >= 11 is 1.72. The summed E-state index contributed by atoms with van der Waals surface area (Å²) in [6.45, 7) is 1.30. The van der Waals surface area contributed by atoms with Crippen LogP contribution in [0.3, 0.4) is 0 Å². The standard InChI is InChI=1S/C10H20F3N3S/c1-14-9(16-7-8-17-2)15-6-4-3-5-10(11,12)13/h3-8H2,1-2H3,(H2,14,15,16). The summed E-state index contributed by atoms with van der Waals surface area (Å²) in [6.07, 6.45) is -2.11. The normalized spacial score (nSPS) is 12.6. The van der Waals surface area contributed by atoms with Crippen molar-refractivity contribution in [3.63, 3.8) is 0 Å². The molecule has 0 aromatic carbocycles. The zero-order chi connectivity index (χ0) is 13.1. The van der Waals surface area contributed by atoms with Gasteiger partial charge >= 0.3 is 6.18 Å². The lowest BCUT2D eigenvalue weighted by molar-refractivity contribution is -0.135.